The van der Waals surface area contributed by atoms with Crippen LogP contribution in [0.1, 0.15) is 11.1 Å². The first-order chi connectivity index (χ1) is 15.6. The van der Waals surface area contributed by atoms with E-state index in [0.717, 1.165) is 23.8 Å². The first-order valence-corrected chi connectivity index (χ1v) is 11.3. The number of benzene rings is 3. The summed E-state index contributed by atoms with van der Waals surface area (Å²) in [5, 5.41) is 2.06. The quantitative estimate of drug-likeness (QED) is 0.465. The first kappa shape index (κ1) is 24.6. The number of hydrogen-bond donors (Lipinski definition) is 2. The van der Waals surface area contributed by atoms with Crippen LogP contribution in [0, 0.1) is 0 Å². The predicted molar refractivity (Wildman–Crippen MR) is 117 cm³/mol. The number of para-hydroxylation sites is 1. The number of anilines is 1. The van der Waals surface area contributed by atoms with E-state index in [4.69, 9.17) is 16.3 Å². The molecule has 0 aliphatic carbocycles. The lowest BCUT2D eigenvalue weighted by molar-refractivity contribution is -0.137. The van der Waals surface area contributed by atoms with Crippen molar-refractivity contribution in [3.63, 3.8) is 0 Å². The number of rotatable bonds is 8. The zero-order valence-corrected chi connectivity index (χ0v) is 18.5. The highest BCUT2D eigenvalue weighted by atomic mass is 35.5. The molecule has 174 valence electrons. The molecule has 0 fully saturated rings. The zero-order chi connectivity index (χ0) is 24.1. The third kappa shape index (κ3) is 6.70. The van der Waals surface area contributed by atoms with Crippen LogP contribution in [0.4, 0.5) is 18.9 Å². The summed E-state index contributed by atoms with van der Waals surface area (Å²) < 4.78 is 71.8. The Labute approximate surface area is 193 Å². The molecule has 0 heterocycles. The molecule has 0 spiro atoms. The second-order valence-electron chi connectivity index (χ2n) is 6.78. The highest BCUT2D eigenvalue weighted by Crippen LogP contribution is 2.34. The summed E-state index contributed by atoms with van der Waals surface area (Å²) in [4.78, 5) is 12.0. The monoisotopic (exact) mass is 498 g/mol. The maximum atomic E-state index is 13.0. The van der Waals surface area contributed by atoms with Crippen LogP contribution in [-0.2, 0) is 27.5 Å². The van der Waals surface area contributed by atoms with Gasteiger partial charge in [0.15, 0.2) is 6.61 Å². The molecule has 1 amide bonds. The molecule has 3 aromatic rings. The summed E-state index contributed by atoms with van der Waals surface area (Å²) in [6, 6.07) is 17.1. The molecular formula is C22H18ClF3N2O4S. The average molecular weight is 499 g/mol. The minimum absolute atomic E-state index is 0.00191. The van der Waals surface area contributed by atoms with Crippen LogP contribution in [-0.4, -0.2) is 20.9 Å². The maximum absolute atomic E-state index is 13.0. The van der Waals surface area contributed by atoms with Crippen LogP contribution < -0.4 is 14.8 Å². The fraction of sp³-hybridized carbons (Fsp3) is 0.136. The minimum Gasteiger partial charge on any atom is -0.482 e. The van der Waals surface area contributed by atoms with E-state index < -0.39 is 40.0 Å². The lowest BCUT2D eigenvalue weighted by Gasteiger charge is -2.14. The van der Waals surface area contributed by atoms with Gasteiger partial charge in [-0.1, -0.05) is 54.1 Å². The van der Waals surface area contributed by atoms with Crippen molar-refractivity contribution in [3.8, 4) is 5.75 Å². The number of halogens is 4. The third-order valence-electron chi connectivity index (χ3n) is 4.39. The summed E-state index contributed by atoms with van der Waals surface area (Å²) in [7, 11) is -3.86. The minimum atomic E-state index is -4.64. The molecule has 0 saturated carbocycles. The topological polar surface area (TPSA) is 84.5 Å². The van der Waals surface area contributed by atoms with Gasteiger partial charge in [-0.3, -0.25) is 4.79 Å². The summed E-state index contributed by atoms with van der Waals surface area (Å²) >= 11 is 6.08. The van der Waals surface area contributed by atoms with Gasteiger partial charge in [0.1, 0.15) is 5.75 Å². The Morgan fingerprint density at radius 1 is 0.970 bits per heavy atom. The number of carbonyl (C=O) groups excluding carboxylic acids is 1. The number of alkyl halides is 3. The molecule has 0 radical (unpaired) electrons. The van der Waals surface area contributed by atoms with Crippen LogP contribution in [0.2, 0.25) is 5.02 Å². The number of ether oxygens (including phenoxy) is 1. The van der Waals surface area contributed by atoms with E-state index >= 15 is 0 Å². The number of nitrogens with one attached hydrogen (secondary N) is 2. The first-order valence-electron chi connectivity index (χ1n) is 9.48. The molecule has 33 heavy (non-hydrogen) atoms. The number of carbonyl (C=O) groups is 1. The van der Waals surface area contributed by atoms with Crippen LogP contribution in [0.5, 0.6) is 5.75 Å². The number of hydrogen-bond acceptors (Lipinski definition) is 4. The van der Waals surface area contributed by atoms with Crippen molar-refractivity contribution in [1.82, 2.24) is 4.72 Å². The van der Waals surface area contributed by atoms with Gasteiger partial charge in [-0.25, -0.2) is 13.1 Å². The average Bonchev–Trinajstić information content (AvgIpc) is 2.77. The fourth-order valence-electron chi connectivity index (χ4n) is 2.79. The Morgan fingerprint density at radius 3 is 2.30 bits per heavy atom. The van der Waals surface area contributed by atoms with E-state index in [1.807, 2.05) is 6.07 Å². The van der Waals surface area contributed by atoms with E-state index in [1.165, 1.54) is 24.3 Å². The van der Waals surface area contributed by atoms with Gasteiger partial charge in [-0.15, -0.1) is 0 Å². The molecule has 0 bridgehead atoms. The smallest absolute Gasteiger partial charge is 0.418 e. The molecule has 11 heteroatoms. The summed E-state index contributed by atoms with van der Waals surface area (Å²) in [6.45, 7) is -0.553. The Balaban J connectivity index is 1.62. The normalized spacial score (nSPS) is 11.8. The molecular weight excluding hydrogens is 481 g/mol. The van der Waals surface area contributed by atoms with Gasteiger partial charge in [0.25, 0.3) is 5.91 Å². The van der Waals surface area contributed by atoms with Crippen LogP contribution in [0.3, 0.4) is 0 Å². The second-order valence-corrected chi connectivity index (χ2v) is 8.96. The van der Waals surface area contributed by atoms with Gasteiger partial charge < -0.3 is 10.1 Å². The molecule has 2 N–H and O–H groups in total. The highest BCUT2D eigenvalue weighted by molar-refractivity contribution is 7.89. The van der Waals surface area contributed by atoms with Crippen molar-refractivity contribution in [2.24, 2.45) is 0 Å². The van der Waals surface area contributed by atoms with E-state index in [2.05, 4.69) is 10.0 Å². The Hall–Kier alpha value is -3.08. The zero-order valence-electron chi connectivity index (χ0n) is 16.9. The van der Waals surface area contributed by atoms with Crippen LogP contribution >= 0.6 is 11.6 Å². The van der Waals surface area contributed by atoms with Crippen molar-refractivity contribution in [1.29, 1.82) is 0 Å². The van der Waals surface area contributed by atoms with Crippen molar-refractivity contribution in [2.45, 2.75) is 17.6 Å². The summed E-state index contributed by atoms with van der Waals surface area (Å²) in [6.07, 6.45) is -4.64. The fourth-order valence-corrected chi connectivity index (χ4v) is 4.14. The Kier molecular flexibility index (Phi) is 7.62. The summed E-state index contributed by atoms with van der Waals surface area (Å²) in [5.41, 5.74) is -0.630. The number of sulfonamides is 1. The van der Waals surface area contributed by atoms with Gasteiger partial charge >= 0.3 is 6.18 Å². The Bertz CT molecular complexity index is 1240. The molecule has 0 saturated heterocycles. The molecule has 6 nitrogen and oxygen atoms in total. The van der Waals surface area contributed by atoms with E-state index in [9.17, 15) is 26.4 Å². The van der Waals surface area contributed by atoms with Crippen molar-refractivity contribution in [2.75, 3.05) is 11.9 Å². The molecule has 3 aromatic carbocycles. The van der Waals surface area contributed by atoms with Crippen molar-refractivity contribution < 1.29 is 31.1 Å². The third-order valence-corrected chi connectivity index (χ3v) is 6.08. The van der Waals surface area contributed by atoms with E-state index in [-0.39, 0.29) is 22.2 Å². The molecule has 3 rings (SSSR count). The second kappa shape index (κ2) is 10.2. The molecule has 0 aliphatic heterocycles. The van der Waals surface area contributed by atoms with Crippen molar-refractivity contribution >= 4 is 33.2 Å². The van der Waals surface area contributed by atoms with Gasteiger partial charge in [-0.2, -0.15) is 13.2 Å². The van der Waals surface area contributed by atoms with E-state index in [1.54, 1.807) is 24.3 Å². The SMILES string of the molecule is O=C(COc1ccc(S(=O)(=O)NCc2ccccc2)cc1Cl)Nc1ccccc1C(F)(F)F. The maximum Gasteiger partial charge on any atom is 0.418 e. The summed E-state index contributed by atoms with van der Waals surface area (Å²) in [5.74, 6) is -0.845. The largest absolute Gasteiger partial charge is 0.482 e. The van der Waals surface area contributed by atoms with Gasteiger partial charge in [-0.05, 0) is 35.9 Å². The predicted octanol–water partition coefficient (Wildman–Crippen LogP) is 4.85. The molecule has 0 atom stereocenters. The Morgan fingerprint density at radius 2 is 1.64 bits per heavy atom. The van der Waals surface area contributed by atoms with Crippen LogP contribution in [0.25, 0.3) is 0 Å². The molecule has 0 aliphatic rings. The number of amides is 1. The standard InChI is InChI=1S/C22H18ClF3N2O4S/c23-18-12-16(33(30,31)27-13-15-6-2-1-3-7-15)10-11-20(18)32-14-21(29)28-19-9-5-4-8-17(19)22(24,25)26/h1-12,27H,13-14H2,(H,28,29). The van der Waals surface area contributed by atoms with Crippen molar-refractivity contribution in [3.05, 3.63) is 88.9 Å². The van der Waals surface area contributed by atoms with E-state index in [0.29, 0.717) is 0 Å². The lowest BCUT2D eigenvalue weighted by atomic mass is 10.1. The van der Waals surface area contributed by atoms with Gasteiger partial charge in [0.05, 0.1) is 21.2 Å². The van der Waals surface area contributed by atoms with Gasteiger partial charge in [0, 0.05) is 6.54 Å². The molecule has 0 unspecified atom stereocenters. The highest BCUT2D eigenvalue weighted by Gasteiger charge is 2.33. The van der Waals surface area contributed by atoms with Crippen LogP contribution in [0.15, 0.2) is 77.7 Å². The lowest BCUT2D eigenvalue weighted by Crippen LogP contribution is -2.23. The molecule has 0 aromatic heterocycles. The van der Waals surface area contributed by atoms with Gasteiger partial charge in [0.2, 0.25) is 10.0 Å².